The van der Waals surface area contributed by atoms with Crippen molar-refractivity contribution < 1.29 is 9.53 Å². The van der Waals surface area contributed by atoms with Crippen molar-refractivity contribution in [3.63, 3.8) is 0 Å². The van der Waals surface area contributed by atoms with E-state index >= 15 is 0 Å². The molecule has 0 saturated carbocycles. The van der Waals surface area contributed by atoms with Crippen LogP contribution in [0.25, 0.3) is 10.9 Å². The summed E-state index contributed by atoms with van der Waals surface area (Å²) >= 11 is 6.13. The number of fused-ring (bicyclic) bond motifs is 1. The lowest BCUT2D eigenvalue weighted by Gasteiger charge is -2.04. The highest BCUT2D eigenvalue weighted by molar-refractivity contribution is 6.37. The van der Waals surface area contributed by atoms with Gasteiger partial charge in [-0.15, -0.1) is 0 Å². The topological polar surface area (TPSA) is 31.2 Å². The zero-order valence-electron chi connectivity index (χ0n) is 8.45. The molecule has 0 amide bonds. The third-order valence-electron chi connectivity index (χ3n) is 2.50. The number of nitrogens with zero attached hydrogens (tertiary/aromatic N) is 1. The summed E-state index contributed by atoms with van der Waals surface area (Å²) in [5.74, 6) is 0.618. The maximum atomic E-state index is 10.8. The quantitative estimate of drug-likeness (QED) is 0.733. The highest BCUT2D eigenvalue weighted by Gasteiger charge is 2.11. The van der Waals surface area contributed by atoms with E-state index in [4.69, 9.17) is 16.3 Å². The number of carbonyl (C=O) groups excluding carboxylic acids is 1. The molecule has 0 aliphatic heterocycles. The van der Waals surface area contributed by atoms with Crippen molar-refractivity contribution in [2.45, 2.75) is 0 Å². The number of ether oxygens (including phenoxy) is 1. The Kier molecular flexibility index (Phi) is 2.40. The number of aldehydes is 1. The maximum absolute atomic E-state index is 10.8. The van der Waals surface area contributed by atoms with E-state index in [1.165, 1.54) is 0 Å². The molecule has 0 atom stereocenters. The Morgan fingerprint density at radius 1 is 1.47 bits per heavy atom. The van der Waals surface area contributed by atoms with E-state index in [1.54, 1.807) is 23.8 Å². The van der Waals surface area contributed by atoms with Gasteiger partial charge in [-0.2, -0.15) is 0 Å². The molecule has 1 aromatic heterocycles. The SMILES string of the molecule is COc1ccc2c(cc(C=O)n2C)c1Cl. The molecule has 0 radical (unpaired) electrons. The van der Waals surface area contributed by atoms with E-state index in [0.717, 1.165) is 17.2 Å². The fourth-order valence-electron chi connectivity index (χ4n) is 1.65. The Bertz CT molecular complexity index is 531. The Morgan fingerprint density at radius 2 is 2.20 bits per heavy atom. The minimum atomic E-state index is 0.540. The van der Waals surface area contributed by atoms with Crippen molar-refractivity contribution in [3.8, 4) is 5.75 Å². The van der Waals surface area contributed by atoms with Crippen molar-refractivity contribution in [2.24, 2.45) is 7.05 Å². The zero-order valence-corrected chi connectivity index (χ0v) is 9.21. The van der Waals surface area contributed by atoms with Gasteiger partial charge in [0, 0.05) is 12.4 Å². The van der Waals surface area contributed by atoms with Gasteiger partial charge in [0.05, 0.1) is 23.3 Å². The number of carbonyl (C=O) groups is 1. The van der Waals surface area contributed by atoms with Crippen LogP contribution in [0.2, 0.25) is 5.02 Å². The third kappa shape index (κ3) is 1.39. The molecule has 0 spiro atoms. The van der Waals surface area contributed by atoms with Crippen molar-refractivity contribution in [1.82, 2.24) is 4.57 Å². The first kappa shape index (κ1) is 10.1. The lowest BCUT2D eigenvalue weighted by atomic mass is 10.2. The van der Waals surface area contributed by atoms with E-state index in [0.29, 0.717) is 16.5 Å². The second kappa shape index (κ2) is 3.59. The van der Waals surface area contributed by atoms with Crippen LogP contribution < -0.4 is 4.74 Å². The van der Waals surface area contributed by atoms with Crippen LogP contribution in [0.4, 0.5) is 0 Å². The molecule has 1 heterocycles. The smallest absolute Gasteiger partial charge is 0.166 e. The highest BCUT2D eigenvalue weighted by atomic mass is 35.5. The summed E-state index contributed by atoms with van der Waals surface area (Å²) in [7, 11) is 3.39. The molecule has 0 N–H and O–H groups in total. The van der Waals surface area contributed by atoms with Gasteiger partial charge in [0.15, 0.2) is 6.29 Å². The van der Waals surface area contributed by atoms with Gasteiger partial charge in [-0.25, -0.2) is 0 Å². The molecule has 0 aliphatic rings. The van der Waals surface area contributed by atoms with Gasteiger partial charge in [0.25, 0.3) is 0 Å². The van der Waals surface area contributed by atoms with E-state index in [2.05, 4.69) is 0 Å². The normalized spacial score (nSPS) is 10.6. The number of aromatic nitrogens is 1. The molecule has 78 valence electrons. The Hall–Kier alpha value is -1.48. The second-order valence-corrected chi connectivity index (χ2v) is 3.64. The molecule has 4 heteroatoms. The minimum Gasteiger partial charge on any atom is -0.495 e. The molecule has 0 unspecified atom stereocenters. The Morgan fingerprint density at radius 3 is 2.80 bits per heavy atom. The van der Waals surface area contributed by atoms with E-state index in [9.17, 15) is 4.79 Å². The predicted octanol–water partition coefficient (Wildman–Crippen LogP) is 2.65. The summed E-state index contributed by atoms with van der Waals surface area (Å²) in [6.45, 7) is 0. The zero-order chi connectivity index (χ0) is 11.0. The van der Waals surface area contributed by atoms with E-state index in [1.807, 2.05) is 13.1 Å². The summed E-state index contributed by atoms with van der Waals surface area (Å²) in [5, 5.41) is 1.37. The number of methoxy groups -OCH3 is 1. The lowest BCUT2D eigenvalue weighted by Crippen LogP contribution is -1.93. The lowest BCUT2D eigenvalue weighted by molar-refractivity contribution is 0.111. The molecule has 0 saturated heterocycles. The molecule has 0 fully saturated rings. The number of benzene rings is 1. The maximum Gasteiger partial charge on any atom is 0.166 e. The molecule has 0 bridgehead atoms. The van der Waals surface area contributed by atoms with Crippen LogP contribution in [0, 0.1) is 0 Å². The molecular weight excluding hydrogens is 214 g/mol. The number of hydrogen-bond donors (Lipinski definition) is 0. The van der Waals surface area contributed by atoms with Crippen molar-refractivity contribution in [2.75, 3.05) is 7.11 Å². The van der Waals surface area contributed by atoms with Crippen molar-refractivity contribution >= 4 is 28.8 Å². The van der Waals surface area contributed by atoms with Crippen LogP contribution in [0.3, 0.4) is 0 Å². The van der Waals surface area contributed by atoms with Gasteiger partial charge in [-0.1, -0.05) is 11.6 Å². The highest BCUT2D eigenvalue weighted by Crippen LogP contribution is 2.33. The summed E-state index contributed by atoms with van der Waals surface area (Å²) in [4.78, 5) is 10.8. The molecular formula is C11H10ClNO2. The van der Waals surface area contributed by atoms with Crippen LogP contribution in [-0.4, -0.2) is 18.0 Å². The Balaban J connectivity index is 2.83. The van der Waals surface area contributed by atoms with Gasteiger partial charge in [-0.3, -0.25) is 4.79 Å². The average Bonchev–Trinajstić information content (AvgIpc) is 2.57. The number of aryl methyl sites for hydroxylation is 1. The summed E-state index contributed by atoms with van der Waals surface area (Å²) in [5.41, 5.74) is 1.52. The molecule has 2 aromatic rings. The minimum absolute atomic E-state index is 0.540. The van der Waals surface area contributed by atoms with Crippen LogP contribution in [-0.2, 0) is 7.05 Å². The summed E-state index contributed by atoms with van der Waals surface area (Å²) in [6.07, 6.45) is 0.808. The predicted molar refractivity (Wildman–Crippen MR) is 59.9 cm³/mol. The van der Waals surface area contributed by atoms with Crippen LogP contribution in [0.5, 0.6) is 5.75 Å². The first-order chi connectivity index (χ1) is 7.19. The van der Waals surface area contributed by atoms with Gasteiger partial charge >= 0.3 is 0 Å². The van der Waals surface area contributed by atoms with Gasteiger partial charge in [-0.05, 0) is 18.2 Å². The monoisotopic (exact) mass is 223 g/mol. The first-order valence-electron chi connectivity index (χ1n) is 4.46. The molecule has 1 aromatic carbocycles. The Labute approximate surface area is 92.2 Å². The van der Waals surface area contributed by atoms with Crippen LogP contribution in [0.15, 0.2) is 18.2 Å². The average molecular weight is 224 g/mol. The summed E-state index contributed by atoms with van der Waals surface area (Å²) in [6, 6.07) is 5.43. The van der Waals surface area contributed by atoms with E-state index in [-0.39, 0.29) is 0 Å². The fraction of sp³-hybridized carbons (Fsp3) is 0.182. The van der Waals surface area contributed by atoms with Gasteiger partial charge in [0.1, 0.15) is 5.75 Å². The molecule has 3 nitrogen and oxygen atoms in total. The van der Waals surface area contributed by atoms with Crippen LogP contribution >= 0.6 is 11.6 Å². The molecule has 2 rings (SSSR count). The van der Waals surface area contributed by atoms with Crippen LogP contribution in [0.1, 0.15) is 10.5 Å². The standard InChI is InChI=1S/C11H10ClNO2/c1-13-7(6-14)5-8-9(13)3-4-10(15-2)11(8)12/h3-6H,1-2H3. The van der Waals surface area contributed by atoms with Gasteiger partial charge in [0.2, 0.25) is 0 Å². The number of rotatable bonds is 2. The number of halogens is 1. The number of hydrogen-bond acceptors (Lipinski definition) is 2. The first-order valence-corrected chi connectivity index (χ1v) is 4.84. The second-order valence-electron chi connectivity index (χ2n) is 3.26. The van der Waals surface area contributed by atoms with E-state index < -0.39 is 0 Å². The fourth-order valence-corrected chi connectivity index (χ4v) is 1.94. The molecule has 0 aliphatic carbocycles. The summed E-state index contributed by atoms with van der Waals surface area (Å²) < 4.78 is 6.91. The van der Waals surface area contributed by atoms with Gasteiger partial charge < -0.3 is 9.30 Å². The van der Waals surface area contributed by atoms with Crippen molar-refractivity contribution in [3.05, 3.63) is 28.9 Å². The largest absolute Gasteiger partial charge is 0.495 e. The van der Waals surface area contributed by atoms with Crippen molar-refractivity contribution in [1.29, 1.82) is 0 Å². The molecule has 15 heavy (non-hydrogen) atoms. The third-order valence-corrected chi connectivity index (χ3v) is 2.89.